The number of methoxy groups -OCH3 is 1. The van der Waals surface area contributed by atoms with E-state index in [1.54, 1.807) is 13.3 Å². The van der Waals surface area contributed by atoms with Crippen molar-refractivity contribution in [1.29, 1.82) is 0 Å². The van der Waals surface area contributed by atoms with Crippen molar-refractivity contribution < 1.29 is 4.74 Å². The number of hydrogen-bond donors (Lipinski definition) is 2. The predicted molar refractivity (Wildman–Crippen MR) is 117 cm³/mol. The first-order valence-electron chi connectivity index (χ1n) is 9.31. The summed E-state index contributed by atoms with van der Waals surface area (Å²) in [5.74, 6) is 0.775. The first-order valence-corrected chi connectivity index (χ1v) is 9.72. The minimum atomic E-state index is 0.437. The van der Waals surface area contributed by atoms with Gasteiger partial charge in [-0.25, -0.2) is 0 Å². The van der Waals surface area contributed by atoms with E-state index in [1.165, 1.54) is 24.1 Å². The van der Waals surface area contributed by atoms with Gasteiger partial charge in [0.1, 0.15) is 5.75 Å². The monoisotopic (exact) mass is 382 g/mol. The van der Waals surface area contributed by atoms with Crippen LogP contribution in [0.5, 0.6) is 5.75 Å². The summed E-state index contributed by atoms with van der Waals surface area (Å²) in [5.41, 5.74) is 7.55. The van der Waals surface area contributed by atoms with E-state index in [-0.39, 0.29) is 0 Å². The summed E-state index contributed by atoms with van der Waals surface area (Å²) in [6.45, 7) is 4.50. The first-order chi connectivity index (χ1) is 13.2. The van der Waals surface area contributed by atoms with E-state index in [0.717, 1.165) is 36.5 Å². The number of hydrogen-bond acceptors (Lipinski definition) is 4. The number of benzene rings is 2. The van der Waals surface area contributed by atoms with Gasteiger partial charge in [0.25, 0.3) is 0 Å². The molecule has 5 nitrogen and oxygen atoms in total. The van der Waals surface area contributed by atoms with E-state index in [4.69, 9.17) is 17.0 Å². The van der Waals surface area contributed by atoms with Crippen molar-refractivity contribution in [2.24, 2.45) is 5.10 Å². The summed E-state index contributed by atoms with van der Waals surface area (Å²) in [4.78, 5) is 2.48. The maximum atomic E-state index is 5.29. The molecule has 0 spiro atoms. The molecule has 0 aromatic heterocycles. The van der Waals surface area contributed by atoms with E-state index in [0.29, 0.717) is 5.11 Å². The van der Waals surface area contributed by atoms with Gasteiger partial charge in [-0.1, -0.05) is 19.1 Å². The fraction of sp³-hybridized carbons (Fsp3) is 0.333. The minimum absolute atomic E-state index is 0.437. The van der Waals surface area contributed by atoms with Crippen LogP contribution in [0.25, 0.3) is 0 Å². The molecule has 0 saturated carbocycles. The Labute approximate surface area is 166 Å². The van der Waals surface area contributed by atoms with Gasteiger partial charge in [-0.2, -0.15) is 5.10 Å². The first kappa shape index (κ1) is 19.2. The fourth-order valence-corrected chi connectivity index (χ4v) is 3.47. The lowest BCUT2D eigenvalue weighted by Gasteiger charge is -2.31. The topological polar surface area (TPSA) is 48.9 Å². The van der Waals surface area contributed by atoms with Crippen molar-refractivity contribution in [3.05, 3.63) is 53.6 Å². The zero-order valence-electron chi connectivity index (χ0n) is 15.9. The third kappa shape index (κ3) is 5.20. The van der Waals surface area contributed by atoms with Gasteiger partial charge in [0, 0.05) is 30.5 Å². The molecule has 0 radical (unpaired) electrons. The molecule has 0 bridgehead atoms. The Balaban J connectivity index is 1.58. The average molecular weight is 383 g/mol. The Morgan fingerprint density at radius 1 is 1.30 bits per heavy atom. The number of nitrogens with zero attached hydrogens (tertiary/aromatic N) is 2. The van der Waals surface area contributed by atoms with Gasteiger partial charge in [0.2, 0.25) is 0 Å². The third-order valence-electron chi connectivity index (χ3n) is 4.52. The zero-order chi connectivity index (χ0) is 19.1. The van der Waals surface area contributed by atoms with Crippen LogP contribution in [0.2, 0.25) is 0 Å². The summed E-state index contributed by atoms with van der Waals surface area (Å²) in [6.07, 6.45) is 5.31. The predicted octanol–water partition coefficient (Wildman–Crippen LogP) is 4.18. The molecule has 0 saturated heterocycles. The van der Waals surface area contributed by atoms with E-state index in [9.17, 15) is 0 Å². The van der Waals surface area contributed by atoms with Gasteiger partial charge < -0.3 is 15.0 Å². The molecule has 2 aromatic rings. The molecular formula is C21H26N4OS. The number of thiocarbonyl (C=S) groups is 1. The van der Waals surface area contributed by atoms with Gasteiger partial charge in [-0.3, -0.25) is 5.43 Å². The Bertz CT molecular complexity index is 822. The number of anilines is 2. The zero-order valence-corrected chi connectivity index (χ0v) is 16.7. The molecular weight excluding hydrogens is 356 g/mol. The quantitative estimate of drug-likeness (QED) is 0.446. The molecule has 0 unspecified atom stereocenters. The van der Waals surface area contributed by atoms with Gasteiger partial charge in [-0.15, -0.1) is 0 Å². The second kappa shape index (κ2) is 9.37. The van der Waals surface area contributed by atoms with Gasteiger partial charge in [-0.05, 0) is 66.9 Å². The fourth-order valence-electron chi connectivity index (χ4n) is 3.30. The van der Waals surface area contributed by atoms with Crippen LogP contribution in [0, 0.1) is 0 Å². The van der Waals surface area contributed by atoms with Gasteiger partial charge in [0.05, 0.1) is 13.3 Å². The van der Waals surface area contributed by atoms with Crippen molar-refractivity contribution >= 4 is 34.9 Å². The van der Waals surface area contributed by atoms with Crippen LogP contribution in [-0.2, 0) is 6.42 Å². The molecule has 3 rings (SSSR count). The number of ether oxygens (including phenoxy) is 1. The lowest BCUT2D eigenvalue weighted by Crippen LogP contribution is -2.30. The molecule has 1 heterocycles. The molecule has 0 fully saturated rings. The average Bonchev–Trinajstić information content (AvgIpc) is 2.68. The van der Waals surface area contributed by atoms with Crippen LogP contribution in [0.15, 0.2) is 47.6 Å². The van der Waals surface area contributed by atoms with Crippen LogP contribution < -0.4 is 20.4 Å². The molecule has 142 valence electrons. The highest BCUT2D eigenvalue weighted by Crippen LogP contribution is 2.27. The maximum Gasteiger partial charge on any atom is 0.191 e. The molecule has 0 amide bonds. The number of rotatable bonds is 6. The number of hydrazone groups is 1. The van der Waals surface area contributed by atoms with Gasteiger partial charge >= 0.3 is 0 Å². The molecule has 27 heavy (non-hydrogen) atoms. The van der Waals surface area contributed by atoms with Crippen LogP contribution in [-0.4, -0.2) is 31.5 Å². The summed E-state index contributed by atoms with van der Waals surface area (Å²) >= 11 is 5.29. The van der Waals surface area contributed by atoms with Crippen molar-refractivity contribution in [2.75, 3.05) is 30.4 Å². The molecule has 0 aliphatic carbocycles. The second-order valence-corrected chi connectivity index (χ2v) is 6.94. The van der Waals surface area contributed by atoms with Crippen molar-refractivity contribution in [1.82, 2.24) is 5.43 Å². The summed E-state index contributed by atoms with van der Waals surface area (Å²) < 4.78 is 5.21. The Morgan fingerprint density at radius 3 is 3.00 bits per heavy atom. The smallest absolute Gasteiger partial charge is 0.191 e. The summed E-state index contributed by atoms with van der Waals surface area (Å²) in [6, 6.07) is 14.1. The highest BCUT2D eigenvalue weighted by molar-refractivity contribution is 7.80. The Hall–Kier alpha value is -2.60. The molecule has 2 aromatic carbocycles. The van der Waals surface area contributed by atoms with Crippen LogP contribution in [0.3, 0.4) is 0 Å². The van der Waals surface area contributed by atoms with Crippen LogP contribution in [0.4, 0.5) is 11.4 Å². The third-order valence-corrected chi connectivity index (χ3v) is 4.71. The highest BCUT2D eigenvalue weighted by Gasteiger charge is 2.15. The molecule has 0 atom stereocenters. The van der Waals surface area contributed by atoms with Gasteiger partial charge in [0.15, 0.2) is 5.11 Å². The van der Waals surface area contributed by atoms with E-state index in [2.05, 4.69) is 45.9 Å². The maximum absolute atomic E-state index is 5.29. The largest absolute Gasteiger partial charge is 0.497 e. The van der Waals surface area contributed by atoms with E-state index >= 15 is 0 Å². The summed E-state index contributed by atoms with van der Waals surface area (Å²) in [7, 11) is 1.64. The Morgan fingerprint density at radius 2 is 2.19 bits per heavy atom. The summed E-state index contributed by atoms with van der Waals surface area (Å²) in [5, 5.41) is 7.79. The lowest BCUT2D eigenvalue weighted by molar-refractivity contribution is 0.415. The van der Waals surface area contributed by atoms with Crippen LogP contribution >= 0.6 is 12.2 Å². The molecule has 6 heteroatoms. The van der Waals surface area contributed by atoms with Crippen molar-refractivity contribution in [3.8, 4) is 5.75 Å². The molecule has 1 aliphatic rings. The normalized spacial score (nSPS) is 13.3. The highest BCUT2D eigenvalue weighted by atomic mass is 32.1. The van der Waals surface area contributed by atoms with Crippen LogP contribution in [0.1, 0.15) is 30.9 Å². The Kier molecular flexibility index (Phi) is 6.65. The lowest BCUT2D eigenvalue weighted by atomic mass is 9.99. The van der Waals surface area contributed by atoms with Crippen molar-refractivity contribution in [2.45, 2.75) is 26.2 Å². The van der Waals surface area contributed by atoms with E-state index in [1.807, 2.05) is 24.3 Å². The minimum Gasteiger partial charge on any atom is -0.497 e. The molecule has 2 N–H and O–H groups in total. The SMILES string of the molecule is CCCN1CCCc2cc(C=NNC(=S)Nc3cccc(OC)c3)ccc21. The standard InChI is InChI=1S/C21H26N4OS/c1-3-11-25-12-5-6-17-13-16(9-10-20(17)25)15-22-24-21(27)23-18-7-4-8-19(14-18)26-2/h4,7-10,13-15H,3,5-6,11-12H2,1-2H3,(H2,23,24,27). The number of aryl methyl sites for hydroxylation is 1. The second-order valence-electron chi connectivity index (χ2n) is 6.53. The number of nitrogens with one attached hydrogen (secondary N) is 2. The van der Waals surface area contributed by atoms with Crippen molar-refractivity contribution in [3.63, 3.8) is 0 Å². The van der Waals surface area contributed by atoms with E-state index < -0.39 is 0 Å². The molecule has 1 aliphatic heterocycles. The number of fused-ring (bicyclic) bond motifs is 1.